The zero-order chi connectivity index (χ0) is 21.4. The van der Waals surface area contributed by atoms with Crippen molar-refractivity contribution in [1.82, 2.24) is 0 Å². The van der Waals surface area contributed by atoms with Crippen LogP contribution in [-0.4, -0.2) is 42.6 Å². The molecule has 1 saturated heterocycles. The van der Waals surface area contributed by atoms with Crippen molar-refractivity contribution in [3.63, 3.8) is 0 Å². The van der Waals surface area contributed by atoms with E-state index >= 15 is 0 Å². The highest BCUT2D eigenvalue weighted by Gasteiger charge is 2.67. The summed E-state index contributed by atoms with van der Waals surface area (Å²) in [7, 11) is 0. The second-order valence-corrected chi connectivity index (χ2v) is 8.20. The lowest BCUT2D eigenvalue weighted by atomic mass is 9.71. The molecule has 31 heavy (non-hydrogen) atoms. The number of carbonyl (C=O) groups excluding carboxylic acids is 3. The quantitative estimate of drug-likeness (QED) is 0.548. The first kappa shape index (κ1) is 19.7. The van der Waals surface area contributed by atoms with E-state index in [1.807, 2.05) is 18.2 Å². The number of hydrogen-bond donors (Lipinski definition) is 0. The Balaban J connectivity index is 1.39. The molecular formula is C25H22O6. The molecule has 0 N–H and O–H groups in total. The second kappa shape index (κ2) is 7.78. The first-order valence-corrected chi connectivity index (χ1v) is 10.4. The molecule has 3 aliphatic rings. The van der Waals surface area contributed by atoms with Crippen LogP contribution in [0.25, 0.3) is 0 Å². The molecule has 0 radical (unpaired) electrons. The van der Waals surface area contributed by atoms with Crippen LogP contribution in [-0.2, 0) is 19.0 Å². The van der Waals surface area contributed by atoms with Crippen LogP contribution in [0.4, 0.5) is 0 Å². The molecule has 1 heterocycles. The van der Waals surface area contributed by atoms with Gasteiger partial charge in [-0.3, -0.25) is 4.79 Å². The Morgan fingerprint density at radius 2 is 1.58 bits per heavy atom. The lowest BCUT2D eigenvalue weighted by Crippen LogP contribution is -2.62. The lowest BCUT2D eigenvalue weighted by Gasteiger charge is -2.46. The van der Waals surface area contributed by atoms with E-state index in [0.717, 1.165) is 0 Å². The molecule has 158 valence electrons. The topological polar surface area (TPSA) is 78.9 Å². The van der Waals surface area contributed by atoms with Gasteiger partial charge in [-0.2, -0.15) is 0 Å². The first-order valence-electron chi connectivity index (χ1n) is 10.4. The van der Waals surface area contributed by atoms with Gasteiger partial charge in [0.2, 0.25) is 5.78 Å². The van der Waals surface area contributed by atoms with E-state index < -0.39 is 23.6 Å². The summed E-state index contributed by atoms with van der Waals surface area (Å²) in [5, 5.41) is 0. The van der Waals surface area contributed by atoms with E-state index in [4.69, 9.17) is 14.2 Å². The van der Waals surface area contributed by atoms with Gasteiger partial charge in [0, 0.05) is 11.8 Å². The van der Waals surface area contributed by atoms with Crippen LogP contribution in [0.5, 0.6) is 0 Å². The van der Waals surface area contributed by atoms with E-state index in [2.05, 4.69) is 6.08 Å². The van der Waals surface area contributed by atoms with Crippen molar-refractivity contribution < 1.29 is 28.6 Å². The number of ketones is 1. The summed E-state index contributed by atoms with van der Waals surface area (Å²) >= 11 is 0. The number of allylic oxidation sites excluding steroid dienone is 1. The molecule has 6 nitrogen and oxygen atoms in total. The highest BCUT2D eigenvalue weighted by Crippen LogP contribution is 2.56. The smallest absolute Gasteiger partial charge is 0.339 e. The fraction of sp³-hybridized carbons (Fsp3) is 0.320. The van der Waals surface area contributed by atoms with Gasteiger partial charge in [-0.15, -0.1) is 0 Å². The maximum atomic E-state index is 13.1. The fourth-order valence-corrected chi connectivity index (χ4v) is 5.17. The van der Waals surface area contributed by atoms with Crippen LogP contribution in [0.15, 0.2) is 72.8 Å². The molecule has 0 amide bonds. The van der Waals surface area contributed by atoms with Gasteiger partial charge in [0.05, 0.1) is 17.2 Å². The Hall–Kier alpha value is -3.25. The number of Topliss-reactive ketones (excluding diaryl/α,β-unsaturated/α-hetero) is 1. The van der Waals surface area contributed by atoms with Gasteiger partial charge in [-0.1, -0.05) is 48.6 Å². The molecule has 0 spiro atoms. The van der Waals surface area contributed by atoms with Gasteiger partial charge < -0.3 is 14.2 Å². The molecule has 0 aromatic heterocycles. The van der Waals surface area contributed by atoms with Crippen LogP contribution in [0.1, 0.15) is 27.1 Å². The third-order valence-electron chi connectivity index (χ3n) is 6.55. The maximum Gasteiger partial charge on any atom is 0.339 e. The molecule has 2 aromatic carbocycles. The molecule has 2 bridgehead atoms. The molecule has 2 fully saturated rings. The minimum Gasteiger partial charge on any atom is -0.459 e. The van der Waals surface area contributed by atoms with Gasteiger partial charge in [0.25, 0.3) is 0 Å². The highest BCUT2D eigenvalue weighted by atomic mass is 16.6. The summed E-state index contributed by atoms with van der Waals surface area (Å²) in [6, 6.07) is 17.4. The van der Waals surface area contributed by atoms with Gasteiger partial charge in [-0.05, 0) is 36.6 Å². The zero-order valence-corrected chi connectivity index (χ0v) is 16.8. The third kappa shape index (κ3) is 3.27. The van der Waals surface area contributed by atoms with Crippen molar-refractivity contribution >= 4 is 17.7 Å². The predicted molar refractivity (Wildman–Crippen MR) is 110 cm³/mol. The number of benzene rings is 2. The molecule has 5 atom stereocenters. The van der Waals surface area contributed by atoms with Crippen molar-refractivity contribution in [2.24, 2.45) is 17.8 Å². The molecular weight excluding hydrogens is 396 g/mol. The van der Waals surface area contributed by atoms with Crippen LogP contribution in [0.3, 0.4) is 0 Å². The monoisotopic (exact) mass is 418 g/mol. The van der Waals surface area contributed by atoms with Crippen molar-refractivity contribution in [3.05, 3.63) is 83.9 Å². The van der Waals surface area contributed by atoms with Crippen LogP contribution < -0.4 is 0 Å². The van der Waals surface area contributed by atoms with E-state index in [-0.39, 0.29) is 36.8 Å². The van der Waals surface area contributed by atoms with Crippen LogP contribution in [0, 0.1) is 17.8 Å². The third-order valence-corrected chi connectivity index (χ3v) is 6.55. The summed E-state index contributed by atoms with van der Waals surface area (Å²) in [6.45, 7) is -0.184. The minimum atomic E-state index is -1.28. The molecule has 6 heteroatoms. The minimum absolute atomic E-state index is 0.00658. The summed E-state index contributed by atoms with van der Waals surface area (Å²) < 4.78 is 17.3. The van der Waals surface area contributed by atoms with Gasteiger partial charge >= 0.3 is 11.9 Å². The van der Waals surface area contributed by atoms with Crippen molar-refractivity contribution in [3.8, 4) is 0 Å². The van der Waals surface area contributed by atoms with Crippen LogP contribution >= 0.6 is 0 Å². The number of esters is 2. The molecule has 5 rings (SSSR count). The fourth-order valence-electron chi connectivity index (χ4n) is 5.17. The number of hydrogen-bond acceptors (Lipinski definition) is 6. The zero-order valence-electron chi connectivity index (χ0n) is 16.8. The number of fused-ring (bicyclic) bond motifs is 5. The summed E-state index contributed by atoms with van der Waals surface area (Å²) in [5.41, 5.74) is -0.438. The lowest BCUT2D eigenvalue weighted by molar-refractivity contribution is -0.184. The Kier molecular flexibility index (Phi) is 4.94. The average molecular weight is 418 g/mol. The summed E-state index contributed by atoms with van der Waals surface area (Å²) in [5.74, 6) is -1.77. The van der Waals surface area contributed by atoms with Gasteiger partial charge in [0.15, 0.2) is 5.60 Å². The number of rotatable bonds is 5. The average Bonchev–Trinajstić information content (AvgIpc) is 3.41. The normalized spacial score (nSPS) is 30.6. The highest BCUT2D eigenvalue weighted by molar-refractivity contribution is 5.97. The van der Waals surface area contributed by atoms with E-state index in [0.29, 0.717) is 17.5 Å². The number of carbonyl (C=O) groups is 3. The molecule has 1 aliphatic heterocycles. The Labute approximate surface area is 179 Å². The molecule has 2 aromatic rings. The Morgan fingerprint density at radius 3 is 2.26 bits per heavy atom. The Morgan fingerprint density at radius 1 is 0.935 bits per heavy atom. The van der Waals surface area contributed by atoms with Gasteiger partial charge in [0.1, 0.15) is 13.2 Å². The number of ether oxygens (including phenoxy) is 3. The van der Waals surface area contributed by atoms with E-state index in [1.54, 1.807) is 48.5 Å². The van der Waals surface area contributed by atoms with Crippen LogP contribution in [0.2, 0.25) is 0 Å². The Bertz CT molecular complexity index is 1030. The molecule has 2 aliphatic carbocycles. The van der Waals surface area contributed by atoms with Crippen molar-refractivity contribution in [1.29, 1.82) is 0 Å². The molecule has 1 saturated carbocycles. The molecule has 0 unspecified atom stereocenters. The maximum absolute atomic E-state index is 13.1. The summed E-state index contributed by atoms with van der Waals surface area (Å²) in [6.07, 6.45) is 4.20. The first-order chi connectivity index (χ1) is 15.1. The summed E-state index contributed by atoms with van der Waals surface area (Å²) in [4.78, 5) is 38.4. The van der Waals surface area contributed by atoms with E-state index in [1.165, 1.54) is 0 Å². The predicted octanol–water partition coefficient (Wildman–Crippen LogP) is 3.23. The standard InChI is InChI=1S/C25H22O6/c26-21-15-29-20(14-30-23(27)16-7-3-1-4-8-16)22-18-11-12-19(13-18)25(21,22)31-24(28)17-9-5-2-6-10-17/h1-12,18-20,22H,13-15H2/t18-,19+,20-,22-,25-/m1/s1. The van der Waals surface area contributed by atoms with Crippen molar-refractivity contribution in [2.45, 2.75) is 18.1 Å². The van der Waals surface area contributed by atoms with Crippen molar-refractivity contribution in [2.75, 3.05) is 13.2 Å². The second-order valence-electron chi connectivity index (χ2n) is 8.20. The SMILES string of the molecule is O=C(OC[C@H]1OCC(=O)[C@@]2(OC(=O)c3ccccc3)[C@@H]1[C@@H]1C=C[C@H]2C1)c1ccccc1. The largest absolute Gasteiger partial charge is 0.459 e. The van der Waals surface area contributed by atoms with E-state index in [9.17, 15) is 14.4 Å². The van der Waals surface area contributed by atoms with Gasteiger partial charge in [-0.25, -0.2) is 9.59 Å².